The molecule has 0 saturated heterocycles. The highest BCUT2D eigenvalue weighted by Crippen LogP contribution is 2.26. The van der Waals surface area contributed by atoms with Crippen molar-refractivity contribution in [1.82, 2.24) is 4.72 Å². The summed E-state index contributed by atoms with van der Waals surface area (Å²) in [4.78, 5) is 11.0. The molecule has 0 radical (unpaired) electrons. The van der Waals surface area contributed by atoms with Gasteiger partial charge >= 0.3 is 5.97 Å². The van der Waals surface area contributed by atoms with E-state index in [-0.39, 0.29) is 12.2 Å². The summed E-state index contributed by atoms with van der Waals surface area (Å²) < 4.78 is 39.9. The zero-order chi connectivity index (χ0) is 15.5. The van der Waals surface area contributed by atoms with Crippen LogP contribution >= 0.6 is 0 Å². The zero-order valence-electron chi connectivity index (χ0n) is 11.5. The Hall–Kier alpha value is -1.47. The van der Waals surface area contributed by atoms with Crippen LogP contribution in [0.25, 0.3) is 0 Å². The molecule has 7 heteroatoms. The molecule has 2 N–H and O–H groups in total. The smallest absolute Gasteiger partial charge is 0.308 e. The number of hydrogen-bond acceptors (Lipinski definition) is 3. The molecule has 21 heavy (non-hydrogen) atoms. The lowest BCUT2D eigenvalue weighted by molar-refractivity contribution is -0.141. The van der Waals surface area contributed by atoms with Crippen molar-refractivity contribution in [3.8, 4) is 0 Å². The maximum absolute atomic E-state index is 13.4. The maximum atomic E-state index is 13.4. The predicted molar refractivity (Wildman–Crippen MR) is 75.8 cm³/mol. The van der Waals surface area contributed by atoms with Crippen LogP contribution in [0.3, 0.4) is 0 Å². The minimum absolute atomic E-state index is 0.0620. The van der Waals surface area contributed by atoms with E-state index in [1.807, 2.05) is 0 Å². The molecule has 116 valence electrons. The summed E-state index contributed by atoms with van der Waals surface area (Å²) in [6, 6.07) is 5.46. The standard InChI is InChI=1S/C14H18FNO4S/c15-12-6-2-1-4-10(12)8-9-21(19,20)16-13-7-3-5-11(13)14(17)18/h1-2,4,6,11,13,16H,3,5,7-9H2,(H,17,18)/t11-,13+/m1/s1. The van der Waals surface area contributed by atoms with Crippen LogP contribution < -0.4 is 4.72 Å². The molecule has 0 heterocycles. The van der Waals surface area contributed by atoms with Crippen LogP contribution in [0.15, 0.2) is 24.3 Å². The average molecular weight is 315 g/mol. The van der Waals surface area contributed by atoms with E-state index in [4.69, 9.17) is 5.11 Å². The van der Waals surface area contributed by atoms with Crippen molar-refractivity contribution in [2.24, 2.45) is 5.92 Å². The molecule has 2 rings (SSSR count). The Kier molecular flexibility index (Phi) is 4.95. The Morgan fingerprint density at radius 3 is 2.71 bits per heavy atom. The first-order valence-electron chi connectivity index (χ1n) is 6.85. The summed E-state index contributed by atoms with van der Waals surface area (Å²) in [7, 11) is -3.63. The number of aliphatic carboxylic acids is 1. The molecule has 0 unspecified atom stereocenters. The number of hydrogen-bond donors (Lipinski definition) is 2. The highest BCUT2D eigenvalue weighted by atomic mass is 32.2. The highest BCUT2D eigenvalue weighted by molar-refractivity contribution is 7.89. The molecular weight excluding hydrogens is 297 g/mol. The SMILES string of the molecule is O=C(O)[C@@H]1CCC[C@@H]1NS(=O)(=O)CCc1ccccc1F. The van der Waals surface area contributed by atoms with Crippen molar-refractivity contribution >= 4 is 16.0 Å². The first-order chi connectivity index (χ1) is 9.89. The second-order valence-corrected chi connectivity index (χ2v) is 7.13. The Balaban J connectivity index is 1.96. The normalized spacial score (nSPS) is 22.3. The van der Waals surface area contributed by atoms with Gasteiger partial charge in [-0.15, -0.1) is 0 Å². The predicted octanol–water partition coefficient (Wildman–Crippen LogP) is 1.54. The lowest BCUT2D eigenvalue weighted by atomic mass is 10.1. The lowest BCUT2D eigenvalue weighted by Crippen LogP contribution is -2.41. The van der Waals surface area contributed by atoms with Gasteiger partial charge in [0.1, 0.15) is 5.82 Å². The lowest BCUT2D eigenvalue weighted by Gasteiger charge is -2.17. The van der Waals surface area contributed by atoms with Gasteiger partial charge in [0.15, 0.2) is 0 Å². The Labute approximate surface area is 123 Å². The molecular formula is C14H18FNO4S. The molecule has 0 spiro atoms. The van der Waals surface area contributed by atoms with Gasteiger partial charge in [-0.05, 0) is 30.9 Å². The van der Waals surface area contributed by atoms with Crippen molar-refractivity contribution in [1.29, 1.82) is 0 Å². The van der Waals surface area contributed by atoms with Gasteiger partial charge in [0.05, 0.1) is 11.7 Å². The van der Waals surface area contributed by atoms with Gasteiger partial charge in [-0.3, -0.25) is 4.79 Å². The molecule has 1 aliphatic rings. The Bertz CT molecular complexity index is 617. The fourth-order valence-corrected chi connectivity index (χ4v) is 3.98. The quantitative estimate of drug-likeness (QED) is 0.834. The van der Waals surface area contributed by atoms with E-state index in [9.17, 15) is 17.6 Å². The van der Waals surface area contributed by atoms with Crippen LogP contribution in [0.5, 0.6) is 0 Å². The van der Waals surface area contributed by atoms with Crippen LogP contribution in [0, 0.1) is 11.7 Å². The molecule has 1 aromatic rings. The van der Waals surface area contributed by atoms with Crippen molar-refractivity contribution < 1.29 is 22.7 Å². The van der Waals surface area contributed by atoms with E-state index in [0.29, 0.717) is 24.8 Å². The molecule has 0 bridgehead atoms. The molecule has 0 amide bonds. The molecule has 5 nitrogen and oxygen atoms in total. The summed E-state index contributed by atoms with van der Waals surface area (Å²) in [6.07, 6.45) is 1.76. The average Bonchev–Trinajstić information content (AvgIpc) is 2.85. The summed E-state index contributed by atoms with van der Waals surface area (Å²) in [5.41, 5.74) is 0.337. The maximum Gasteiger partial charge on any atom is 0.308 e. The van der Waals surface area contributed by atoms with E-state index < -0.39 is 33.8 Å². The van der Waals surface area contributed by atoms with E-state index in [1.54, 1.807) is 18.2 Å². The third kappa shape index (κ3) is 4.25. The third-order valence-electron chi connectivity index (χ3n) is 3.76. The summed E-state index contributed by atoms with van der Waals surface area (Å²) in [5.74, 6) is -2.34. The first-order valence-corrected chi connectivity index (χ1v) is 8.50. The number of carboxylic acids is 1. The highest BCUT2D eigenvalue weighted by Gasteiger charge is 2.35. The summed E-state index contributed by atoms with van der Waals surface area (Å²) in [6.45, 7) is 0. The Morgan fingerprint density at radius 2 is 2.05 bits per heavy atom. The van der Waals surface area contributed by atoms with Crippen LogP contribution in [0.2, 0.25) is 0 Å². The number of nitrogens with one attached hydrogen (secondary N) is 1. The topological polar surface area (TPSA) is 83.5 Å². The number of rotatable bonds is 6. The minimum atomic E-state index is -3.63. The fraction of sp³-hybridized carbons (Fsp3) is 0.500. The number of halogens is 1. The van der Waals surface area contributed by atoms with Gasteiger partial charge in [0, 0.05) is 6.04 Å². The van der Waals surface area contributed by atoms with Gasteiger partial charge in [0.25, 0.3) is 0 Å². The van der Waals surface area contributed by atoms with Gasteiger partial charge in [0.2, 0.25) is 10.0 Å². The molecule has 1 aliphatic carbocycles. The number of carboxylic acid groups (broad SMARTS) is 1. The number of aryl methyl sites for hydroxylation is 1. The van der Waals surface area contributed by atoms with Gasteiger partial charge in [-0.25, -0.2) is 17.5 Å². The molecule has 1 saturated carbocycles. The van der Waals surface area contributed by atoms with E-state index >= 15 is 0 Å². The zero-order valence-corrected chi connectivity index (χ0v) is 12.3. The second kappa shape index (κ2) is 6.53. The number of carbonyl (C=O) groups is 1. The van der Waals surface area contributed by atoms with Crippen LogP contribution in [-0.2, 0) is 21.2 Å². The van der Waals surface area contributed by atoms with Gasteiger partial charge in [-0.1, -0.05) is 24.6 Å². The van der Waals surface area contributed by atoms with E-state index in [2.05, 4.69) is 4.72 Å². The largest absolute Gasteiger partial charge is 0.481 e. The van der Waals surface area contributed by atoms with Crippen LogP contribution in [-0.4, -0.2) is 31.3 Å². The number of sulfonamides is 1. The van der Waals surface area contributed by atoms with Crippen molar-refractivity contribution in [2.45, 2.75) is 31.7 Å². The van der Waals surface area contributed by atoms with Crippen molar-refractivity contribution in [2.75, 3.05) is 5.75 Å². The summed E-state index contributed by atoms with van der Waals surface area (Å²) >= 11 is 0. The van der Waals surface area contributed by atoms with Crippen molar-refractivity contribution in [3.63, 3.8) is 0 Å². The molecule has 0 aromatic heterocycles. The van der Waals surface area contributed by atoms with E-state index in [0.717, 1.165) is 0 Å². The van der Waals surface area contributed by atoms with Gasteiger partial charge in [-0.2, -0.15) is 0 Å². The minimum Gasteiger partial charge on any atom is -0.481 e. The number of benzene rings is 1. The molecule has 1 fully saturated rings. The molecule has 1 aromatic carbocycles. The summed E-state index contributed by atoms with van der Waals surface area (Å²) in [5, 5.41) is 9.04. The van der Waals surface area contributed by atoms with Crippen LogP contribution in [0.4, 0.5) is 4.39 Å². The van der Waals surface area contributed by atoms with Crippen molar-refractivity contribution in [3.05, 3.63) is 35.6 Å². The van der Waals surface area contributed by atoms with Gasteiger partial charge < -0.3 is 5.11 Å². The molecule has 2 atom stereocenters. The fourth-order valence-electron chi connectivity index (χ4n) is 2.63. The first kappa shape index (κ1) is 15.9. The van der Waals surface area contributed by atoms with E-state index in [1.165, 1.54) is 6.07 Å². The second-order valence-electron chi connectivity index (χ2n) is 5.26. The monoisotopic (exact) mass is 315 g/mol. The Morgan fingerprint density at radius 1 is 1.33 bits per heavy atom. The van der Waals surface area contributed by atoms with Crippen LogP contribution in [0.1, 0.15) is 24.8 Å². The molecule has 0 aliphatic heterocycles. The third-order valence-corrected chi connectivity index (χ3v) is 5.17.